The van der Waals surface area contributed by atoms with Crippen molar-refractivity contribution in [3.63, 3.8) is 0 Å². The summed E-state index contributed by atoms with van der Waals surface area (Å²) in [5.74, 6) is -6.14. The summed E-state index contributed by atoms with van der Waals surface area (Å²) >= 11 is 0. The van der Waals surface area contributed by atoms with Crippen LogP contribution in [0.25, 0.3) is 0 Å². The van der Waals surface area contributed by atoms with Crippen LogP contribution in [0.15, 0.2) is 36.5 Å². The molecule has 0 aromatic carbocycles. The fourth-order valence-corrected chi connectivity index (χ4v) is 12.0. The smallest absolute Gasteiger partial charge is 0.364 e. The zero-order chi connectivity index (χ0) is 66.8. The van der Waals surface area contributed by atoms with E-state index >= 15 is 0 Å². The number of aliphatic hydroxyl groups excluding tert-OH is 11. The van der Waals surface area contributed by atoms with Crippen LogP contribution in [0.4, 0.5) is 0 Å². The standard InChI is InChI=1S/C68H122N2O21/c1-4-6-8-10-12-14-16-18-20-22-23-24-25-26-28-30-32-34-36-38-40-42-55(78)70-49(50(75)41-39-37-35-33-31-29-27-21-19-17-15-13-11-9-7-5-2)47-86-65-60(82)59(81)62(54(46-73)88-65)89-66-61(83)64(58(80)53(45-72)87-66)91-68(67(84)85)43-51(76)56(69-48(3)74)63(90-68)57(79)52(77)44-71/h6,8,12,14,39,41,49-54,56-66,71-73,75-77,79-83H,4-5,7,9-11,13,15-38,40,42-47H2,1-3H3,(H,69,74)(H,70,78)(H,84,85)/b8-6-,14-12-,41-39+. The minimum absolute atomic E-state index is 0.200. The van der Waals surface area contributed by atoms with Crippen LogP contribution >= 0.6 is 0 Å². The highest BCUT2D eigenvalue weighted by Gasteiger charge is 2.60. The van der Waals surface area contributed by atoms with Gasteiger partial charge in [0, 0.05) is 19.8 Å². The van der Waals surface area contributed by atoms with Gasteiger partial charge in [-0.15, -0.1) is 0 Å². The van der Waals surface area contributed by atoms with Crippen molar-refractivity contribution >= 4 is 17.8 Å². The zero-order valence-corrected chi connectivity index (χ0v) is 55.2. The lowest BCUT2D eigenvalue weighted by Gasteiger charge is -2.50. The summed E-state index contributed by atoms with van der Waals surface area (Å²) < 4.78 is 34.8. The molecule has 530 valence electrons. The van der Waals surface area contributed by atoms with Crippen molar-refractivity contribution < 1.29 is 104 Å². The van der Waals surface area contributed by atoms with Crippen LogP contribution in [0.2, 0.25) is 0 Å². The molecule has 23 heteroatoms. The van der Waals surface area contributed by atoms with Gasteiger partial charge in [0.1, 0.15) is 67.1 Å². The third kappa shape index (κ3) is 31.1. The molecule has 18 atom stereocenters. The number of unbranched alkanes of at least 4 members (excludes halogenated alkanes) is 28. The Morgan fingerprint density at radius 3 is 1.60 bits per heavy atom. The number of carbonyl (C=O) groups excluding carboxylic acids is 2. The highest BCUT2D eigenvalue weighted by molar-refractivity contribution is 5.77. The molecule has 3 aliphatic rings. The van der Waals surface area contributed by atoms with E-state index in [0.717, 1.165) is 64.7 Å². The van der Waals surface area contributed by atoms with E-state index < -0.39 is 155 Å². The van der Waals surface area contributed by atoms with Crippen LogP contribution in [0, 0.1) is 0 Å². The van der Waals surface area contributed by atoms with Gasteiger partial charge < -0.3 is 100 Å². The highest BCUT2D eigenvalue weighted by atomic mass is 16.8. The second-order valence-corrected chi connectivity index (χ2v) is 25.4. The lowest BCUT2D eigenvalue weighted by Crippen LogP contribution is -2.70. The third-order valence-corrected chi connectivity index (χ3v) is 17.6. The second-order valence-electron chi connectivity index (χ2n) is 25.4. The van der Waals surface area contributed by atoms with Crippen LogP contribution in [0.5, 0.6) is 0 Å². The second kappa shape index (κ2) is 48.6. The Balaban J connectivity index is 1.59. The fourth-order valence-electron chi connectivity index (χ4n) is 12.0. The molecule has 3 heterocycles. The number of ether oxygens (including phenoxy) is 6. The van der Waals surface area contributed by atoms with Crippen molar-refractivity contribution in [2.75, 3.05) is 26.4 Å². The maximum absolute atomic E-state index is 13.5. The number of hydrogen-bond acceptors (Lipinski definition) is 20. The quantitative estimate of drug-likeness (QED) is 0.0237. The van der Waals surface area contributed by atoms with Crippen molar-refractivity contribution in [1.29, 1.82) is 0 Å². The summed E-state index contributed by atoms with van der Waals surface area (Å²) in [6, 6.07) is -2.62. The van der Waals surface area contributed by atoms with Crippen LogP contribution < -0.4 is 10.6 Å². The molecule has 3 fully saturated rings. The molecule has 0 aliphatic carbocycles. The number of nitrogens with one attached hydrogen (secondary N) is 2. The van der Waals surface area contributed by atoms with Gasteiger partial charge in [-0.2, -0.15) is 0 Å². The number of carboxylic acids is 1. The molecule has 91 heavy (non-hydrogen) atoms. The average Bonchev–Trinajstić information content (AvgIpc) is 0.788. The first kappa shape index (κ1) is 82.2. The summed E-state index contributed by atoms with van der Waals surface area (Å²) in [5, 5.41) is 136. The number of aliphatic hydroxyl groups is 11. The van der Waals surface area contributed by atoms with Crippen molar-refractivity contribution in [3.05, 3.63) is 36.5 Å². The summed E-state index contributed by atoms with van der Waals surface area (Å²) in [5.41, 5.74) is 0. The molecule has 2 amide bonds. The van der Waals surface area contributed by atoms with E-state index in [2.05, 4.69) is 48.8 Å². The van der Waals surface area contributed by atoms with E-state index in [1.165, 1.54) is 135 Å². The van der Waals surface area contributed by atoms with E-state index in [-0.39, 0.29) is 12.3 Å². The molecule has 0 aromatic rings. The largest absolute Gasteiger partial charge is 0.477 e. The van der Waals surface area contributed by atoms with Crippen LogP contribution in [0.1, 0.15) is 239 Å². The molecular weight excluding hydrogens is 1180 g/mol. The van der Waals surface area contributed by atoms with Gasteiger partial charge in [-0.1, -0.05) is 211 Å². The maximum Gasteiger partial charge on any atom is 0.364 e. The molecule has 3 saturated heterocycles. The molecule has 3 aliphatic heterocycles. The predicted molar refractivity (Wildman–Crippen MR) is 343 cm³/mol. The van der Waals surface area contributed by atoms with E-state index in [0.29, 0.717) is 12.8 Å². The minimum atomic E-state index is -3.08. The third-order valence-electron chi connectivity index (χ3n) is 17.6. The van der Waals surface area contributed by atoms with Gasteiger partial charge in [-0.3, -0.25) is 9.59 Å². The first-order valence-electron chi connectivity index (χ1n) is 34.9. The van der Waals surface area contributed by atoms with Crippen LogP contribution in [0.3, 0.4) is 0 Å². The van der Waals surface area contributed by atoms with E-state index in [1.807, 2.05) is 6.08 Å². The molecule has 0 aromatic heterocycles. The molecule has 0 bridgehead atoms. The molecule has 0 spiro atoms. The molecule has 0 radical (unpaired) electrons. The van der Waals surface area contributed by atoms with Crippen LogP contribution in [-0.4, -0.2) is 215 Å². The summed E-state index contributed by atoms with van der Waals surface area (Å²) in [7, 11) is 0. The highest BCUT2D eigenvalue weighted by Crippen LogP contribution is 2.39. The Labute approximate surface area is 542 Å². The first-order valence-corrected chi connectivity index (χ1v) is 34.9. The van der Waals surface area contributed by atoms with Gasteiger partial charge in [0.25, 0.3) is 5.79 Å². The van der Waals surface area contributed by atoms with Gasteiger partial charge in [-0.25, -0.2) is 4.79 Å². The maximum atomic E-state index is 13.5. The van der Waals surface area contributed by atoms with Gasteiger partial charge in [-0.05, 0) is 44.9 Å². The average molecular weight is 1300 g/mol. The Kier molecular flexibility index (Phi) is 43.9. The Morgan fingerprint density at radius 2 is 1.10 bits per heavy atom. The SMILES string of the molecule is CC/C=C\C/C=C\CCCCCCCCCCCCCCCCC(=O)NC(COC1OC(CO)C(OC2OC(CO)C(O)C(OC3(C(=O)O)CC(O)C(NC(C)=O)C(C(O)C(O)CO)O3)C2O)C(O)C1O)C(O)/C=C/CCCCCCCCCCCCCCCC. The summed E-state index contributed by atoms with van der Waals surface area (Å²) in [6.07, 6.45) is 20.4. The number of carbonyl (C=O) groups is 3. The summed E-state index contributed by atoms with van der Waals surface area (Å²) in [6.45, 7) is 2.03. The van der Waals surface area contributed by atoms with E-state index in [9.17, 15) is 75.7 Å². The Bertz CT molecular complexity index is 1990. The number of hydrogen-bond donors (Lipinski definition) is 14. The van der Waals surface area contributed by atoms with Crippen LogP contribution in [-0.2, 0) is 42.8 Å². The lowest BCUT2D eigenvalue weighted by molar-refractivity contribution is -0.386. The number of carboxylic acid groups (broad SMARTS) is 1. The van der Waals surface area contributed by atoms with Crippen molar-refractivity contribution in [2.45, 2.75) is 349 Å². The van der Waals surface area contributed by atoms with Crippen molar-refractivity contribution in [3.8, 4) is 0 Å². The van der Waals surface area contributed by atoms with Crippen molar-refractivity contribution in [2.24, 2.45) is 0 Å². The van der Waals surface area contributed by atoms with Crippen molar-refractivity contribution in [1.82, 2.24) is 10.6 Å². The number of amides is 2. The van der Waals surface area contributed by atoms with Gasteiger partial charge in [0.05, 0.1) is 50.7 Å². The zero-order valence-electron chi connectivity index (χ0n) is 55.2. The Morgan fingerprint density at radius 1 is 0.593 bits per heavy atom. The molecular formula is C68H122N2O21. The number of allylic oxidation sites excluding steroid dienone is 5. The fraction of sp³-hybridized carbons (Fsp3) is 0.868. The normalized spacial score (nSPS) is 28.6. The monoisotopic (exact) mass is 1300 g/mol. The molecule has 14 N–H and O–H groups in total. The first-order chi connectivity index (χ1) is 43.9. The predicted octanol–water partition coefficient (Wildman–Crippen LogP) is 6.23. The number of rotatable bonds is 52. The molecule has 0 saturated carbocycles. The van der Waals surface area contributed by atoms with Gasteiger partial charge >= 0.3 is 5.97 Å². The van der Waals surface area contributed by atoms with Gasteiger partial charge in [0.15, 0.2) is 12.6 Å². The van der Waals surface area contributed by atoms with Gasteiger partial charge in [0.2, 0.25) is 11.8 Å². The lowest BCUT2D eigenvalue weighted by atomic mass is 9.88. The van der Waals surface area contributed by atoms with E-state index in [1.54, 1.807) is 6.08 Å². The molecule has 18 unspecified atom stereocenters. The topological polar surface area (TPSA) is 373 Å². The number of aliphatic carboxylic acids is 1. The minimum Gasteiger partial charge on any atom is -0.477 e. The molecule has 23 nitrogen and oxygen atoms in total. The molecule has 3 rings (SSSR count). The summed E-state index contributed by atoms with van der Waals surface area (Å²) in [4.78, 5) is 38.5. The Hall–Kier alpha value is -3.05. The van der Waals surface area contributed by atoms with E-state index in [4.69, 9.17) is 28.4 Å².